The maximum atomic E-state index is 7.00. The van der Waals surface area contributed by atoms with E-state index >= 15 is 0 Å². The molecule has 0 amide bonds. The molecule has 0 bridgehead atoms. The van der Waals surface area contributed by atoms with Gasteiger partial charge in [0.1, 0.15) is 25.8 Å². The van der Waals surface area contributed by atoms with E-state index < -0.39 is 11.6 Å². The summed E-state index contributed by atoms with van der Waals surface area (Å²) in [6.07, 6.45) is 56.1. The average Bonchev–Trinajstić information content (AvgIpc) is 3.38. The zero-order valence-corrected chi connectivity index (χ0v) is 49.8. The first-order chi connectivity index (χ1) is 35.0. The Balaban J connectivity index is 6.05. The van der Waals surface area contributed by atoms with E-state index in [1.165, 1.54) is 231 Å². The third kappa shape index (κ3) is 41.6. The standard InChI is InChI=1S/C64H130O7/c1-9-17-23-29-31-33-35-37-39-41-47-53-63(68-55-49-43-25-19-11-3,69-56-50-44-26-20-12-4)61(15-7)66-59-65-60-67-62(16-8)64(70-57-51-45-27-21-13-5,71-58-52-46-28-22-14-6)54-48-42-40-38-36-34-32-30-24-18-10-2/h61-62H,9-60H2,1-8H3. The maximum Gasteiger partial charge on any atom is 0.194 e. The molecule has 0 saturated carbocycles. The molecule has 428 valence electrons. The van der Waals surface area contributed by atoms with Gasteiger partial charge in [-0.15, -0.1) is 0 Å². The molecule has 71 heavy (non-hydrogen) atoms. The largest absolute Gasteiger partial charge is 0.347 e. The highest BCUT2D eigenvalue weighted by Crippen LogP contribution is 2.34. The summed E-state index contributed by atoms with van der Waals surface area (Å²) in [5.74, 6) is -1.56. The smallest absolute Gasteiger partial charge is 0.194 e. The first kappa shape index (κ1) is 70.7. The van der Waals surface area contributed by atoms with Crippen LogP contribution in [0.15, 0.2) is 0 Å². The van der Waals surface area contributed by atoms with Crippen molar-refractivity contribution >= 4 is 0 Å². The van der Waals surface area contributed by atoms with Crippen LogP contribution in [0.3, 0.4) is 0 Å². The van der Waals surface area contributed by atoms with Gasteiger partial charge in [0.25, 0.3) is 0 Å². The fourth-order valence-electron chi connectivity index (χ4n) is 10.3. The normalized spacial score (nSPS) is 13.2. The van der Waals surface area contributed by atoms with Gasteiger partial charge in [-0.2, -0.15) is 0 Å². The molecular formula is C64H130O7. The van der Waals surface area contributed by atoms with Gasteiger partial charge >= 0.3 is 0 Å². The van der Waals surface area contributed by atoms with Gasteiger partial charge < -0.3 is 33.2 Å². The Morgan fingerprint density at radius 1 is 0.239 bits per heavy atom. The summed E-state index contributed by atoms with van der Waals surface area (Å²) in [6.45, 7) is 21.3. The SMILES string of the molecule is CCCCCCCCCCCCCC(OCCCCCCC)(OCCCCCCC)C(CC)OCOCOC(CC)C(CCCCCCCCCCCCC)(OCCCCCCC)OCCCCCCC. The summed E-state index contributed by atoms with van der Waals surface area (Å²) in [6, 6.07) is 0. The van der Waals surface area contributed by atoms with Gasteiger partial charge in [0, 0.05) is 12.8 Å². The van der Waals surface area contributed by atoms with E-state index in [2.05, 4.69) is 55.4 Å². The van der Waals surface area contributed by atoms with Crippen LogP contribution in [0.4, 0.5) is 0 Å². The third-order valence-corrected chi connectivity index (χ3v) is 15.1. The van der Waals surface area contributed by atoms with Crippen molar-refractivity contribution in [2.24, 2.45) is 0 Å². The van der Waals surface area contributed by atoms with E-state index in [9.17, 15) is 0 Å². The van der Waals surface area contributed by atoms with Crippen molar-refractivity contribution in [2.45, 2.75) is 375 Å². The molecule has 7 heteroatoms. The lowest BCUT2D eigenvalue weighted by atomic mass is 9.98. The molecular weight excluding hydrogens is 881 g/mol. The lowest BCUT2D eigenvalue weighted by Gasteiger charge is -2.41. The van der Waals surface area contributed by atoms with Crippen LogP contribution in [-0.4, -0.2) is 63.8 Å². The van der Waals surface area contributed by atoms with E-state index in [1.807, 2.05) is 0 Å². The molecule has 0 aromatic rings. The zero-order valence-electron chi connectivity index (χ0n) is 49.8. The lowest BCUT2D eigenvalue weighted by Crippen LogP contribution is -2.50. The molecule has 0 saturated heterocycles. The van der Waals surface area contributed by atoms with Gasteiger partial charge in [-0.1, -0.05) is 287 Å². The fraction of sp³-hybridized carbons (Fsp3) is 1.00. The van der Waals surface area contributed by atoms with Crippen molar-refractivity contribution in [2.75, 3.05) is 40.0 Å². The van der Waals surface area contributed by atoms with Crippen molar-refractivity contribution in [3.8, 4) is 0 Å². The lowest BCUT2D eigenvalue weighted by molar-refractivity contribution is -0.324. The first-order valence-electron chi connectivity index (χ1n) is 32.4. The van der Waals surface area contributed by atoms with Gasteiger partial charge in [-0.25, -0.2) is 0 Å². The number of ether oxygens (including phenoxy) is 7. The number of hydrogen-bond acceptors (Lipinski definition) is 7. The van der Waals surface area contributed by atoms with Gasteiger partial charge in [0.15, 0.2) is 11.6 Å². The average molecular weight is 1010 g/mol. The predicted molar refractivity (Wildman–Crippen MR) is 308 cm³/mol. The number of unbranched alkanes of at least 4 members (excludes halogenated alkanes) is 36. The van der Waals surface area contributed by atoms with Crippen LogP contribution in [0.5, 0.6) is 0 Å². The molecule has 0 aliphatic rings. The molecule has 0 aromatic carbocycles. The fourth-order valence-corrected chi connectivity index (χ4v) is 10.3. The summed E-state index contributed by atoms with van der Waals surface area (Å²) in [5.41, 5.74) is 0. The Hall–Kier alpha value is -0.280. The molecule has 0 radical (unpaired) electrons. The van der Waals surface area contributed by atoms with E-state index in [1.54, 1.807) is 0 Å². The van der Waals surface area contributed by atoms with Crippen molar-refractivity contribution in [3.63, 3.8) is 0 Å². The highest BCUT2D eigenvalue weighted by atomic mass is 16.8. The van der Waals surface area contributed by atoms with Gasteiger partial charge in [-0.3, -0.25) is 0 Å². The highest BCUT2D eigenvalue weighted by Gasteiger charge is 2.42. The van der Waals surface area contributed by atoms with Crippen LogP contribution in [-0.2, 0) is 33.2 Å². The monoisotopic (exact) mass is 1010 g/mol. The molecule has 2 unspecified atom stereocenters. The Kier molecular flexibility index (Phi) is 55.7. The maximum absolute atomic E-state index is 7.00. The zero-order chi connectivity index (χ0) is 51.9. The van der Waals surface area contributed by atoms with E-state index in [0.29, 0.717) is 26.4 Å². The summed E-state index contributed by atoms with van der Waals surface area (Å²) in [7, 11) is 0. The van der Waals surface area contributed by atoms with Gasteiger partial charge in [0.2, 0.25) is 0 Å². The van der Waals surface area contributed by atoms with Gasteiger partial charge in [-0.05, 0) is 51.4 Å². The molecule has 0 N–H and O–H groups in total. The minimum atomic E-state index is -0.778. The number of hydrogen-bond donors (Lipinski definition) is 0. The summed E-state index contributed by atoms with van der Waals surface area (Å²) in [5, 5.41) is 0. The second kappa shape index (κ2) is 55.9. The van der Waals surface area contributed by atoms with Crippen molar-refractivity contribution in [3.05, 3.63) is 0 Å². The quantitative estimate of drug-likeness (QED) is 0.0444. The minimum absolute atomic E-state index is 0.136. The number of rotatable bonds is 62. The van der Waals surface area contributed by atoms with E-state index in [4.69, 9.17) is 33.2 Å². The second-order valence-corrected chi connectivity index (χ2v) is 21.8. The molecule has 0 heterocycles. The van der Waals surface area contributed by atoms with E-state index in [0.717, 1.165) is 64.2 Å². The minimum Gasteiger partial charge on any atom is -0.347 e. The van der Waals surface area contributed by atoms with Crippen LogP contribution in [0, 0.1) is 0 Å². The predicted octanol–water partition coefficient (Wildman–Crippen LogP) is 21.3. The van der Waals surface area contributed by atoms with Crippen LogP contribution < -0.4 is 0 Å². The van der Waals surface area contributed by atoms with Crippen molar-refractivity contribution < 1.29 is 33.2 Å². The molecule has 0 rings (SSSR count). The van der Waals surface area contributed by atoms with Crippen LogP contribution >= 0.6 is 0 Å². The Labute approximate surface area is 446 Å². The second-order valence-electron chi connectivity index (χ2n) is 21.8. The molecule has 0 aromatic heterocycles. The summed E-state index contributed by atoms with van der Waals surface area (Å²) >= 11 is 0. The topological polar surface area (TPSA) is 64.6 Å². The Morgan fingerprint density at radius 3 is 0.648 bits per heavy atom. The van der Waals surface area contributed by atoms with Crippen molar-refractivity contribution in [1.82, 2.24) is 0 Å². The molecule has 0 aliphatic carbocycles. The molecule has 7 nitrogen and oxygen atoms in total. The molecule has 0 spiro atoms. The van der Waals surface area contributed by atoms with Gasteiger partial charge in [0.05, 0.1) is 26.4 Å². The molecule has 0 fully saturated rings. The van der Waals surface area contributed by atoms with E-state index in [-0.39, 0.29) is 25.8 Å². The molecule has 0 aliphatic heterocycles. The van der Waals surface area contributed by atoms with Crippen LogP contribution in [0.25, 0.3) is 0 Å². The highest BCUT2D eigenvalue weighted by molar-refractivity contribution is 4.83. The van der Waals surface area contributed by atoms with Crippen molar-refractivity contribution in [1.29, 1.82) is 0 Å². The van der Waals surface area contributed by atoms with Crippen LogP contribution in [0.1, 0.15) is 351 Å². The molecule has 2 atom stereocenters. The summed E-state index contributed by atoms with van der Waals surface area (Å²) < 4.78 is 47.8. The Bertz CT molecular complexity index is 886. The first-order valence-corrected chi connectivity index (χ1v) is 32.4. The Morgan fingerprint density at radius 2 is 0.437 bits per heavy atom. The third-order valence-electron chi connectivity index (χ3n) is 15.1. The van der Waals surface area contributed by atoms with Crippen LogP contribution in [0.2, 0.25) is 0 Å². The summed E-state index contributed by atoms with van der Waals surface area (Å²) in [4.78, 5) is 0.